The van der Waals surface area contributed by atoms with Gasteiger partial charge in [-0.05, 0) is 31.4 Å². The van der Waals surface area contributed by atoms with Gasteiger partial charge in [-0.1, -0.05) is 6.07 Å². The molecule has 3 rings (SSSR count). The summed E-state index contributed by atoms with van der Waals surface area (Å²) in [6.07, 6.45) is 1.77. The molecule has 0 aliphatic rings. The molecule has 18 heavy (non-hydrogen) atoms. The number of hydrogen-bond acceptors (Lipinski definition) is 4. The lowest BCUT2D eigenvalue weighted by atomic mass is 10.4. The van der Waals surface area contributed by atoms with Gasteiger partial charge in [-0.25, -0.2) is 14.6 Å². The van der Waals surface area contributed by atoms with Crippen LogP contribution in [0.1, 0.15) is 11.4 Å². The Labute approximate surface area is 109 Å². The van der Waals surface area contributed by atoms with Gasteiger partial charge in [-0.3, -0.25) is 0 Å². The third kappa shape index (κ3) is 1.93. The molecular weight excluding hydrogens is 244 g/mol. The quantitative estimate of drug-likeness (QED) is 0.708. The smallest absolute Gasteiger partial charge is 0.171 e. The van der Waals surface area contributed by atoms with E-state index < -0.39 is 0 Å². The Morgan fingerprint density at radius 1 is 1.22 bits per heavy atom. The number of hydrogen-bond donors (Lipinski definition) is 0. The molecule has 0 aliphatic heterocycles. The van der Waals surface area contributed by atoms with E-state index in [0.29, 0.717) is 0 Å². The largest absolute Gasteiger partial charge is 0.236 e. The van der Waals surface area contributed by atoms with Crippen LogP contribution in [0.3, 0.4) is 0 Å². The minimum Gasteiger partial charge on any atom is -0.236 e. The Kier molecular flexibility index (Phi) is 2.68. The Bertz CT molecular complexity index is 670. The number of nitrogens with zero attached hydrogens (tertiary/aromatic N) is 4. The van der Waals surface area contributed by atoms with E-state index in [1.807, 2.05) is 48.2 Å². The zero-order chi connectivity index (χ0) is 12.5. The molecule has 0 aromatic carbocycles. The minimum absolute atomic E-state index is 0.745. The lowest BCUT2D eigenvalue weighted by Gasteiger charge is -2.04. The zero-order valence-electron chi connectivity index (χ0n) is 10.2. The number of aromatic nitrogens is 4. The van der Waals surface area contributed by atoms with E-state index in [9.17, 15) is 0 Å². The van der Waals surface area contributed by atoms with Crippen molar-refractivity contribution in [3.63, 3.8) is 0 Å². The Morgan fingerprint density at radius 2 is 2.11 bits per heavy atom. The first-order chi connectivity index (χ1) is 8.74. The number of rotatable bonds is 2. The predicted octanol–water partition coefficient (Wildman–Crippen LogP) is 3.01. The van der Waals surface area contributed by atoms with Crippen LogP contribution in [0.15, 0.2) is 35.8 Å². The van der Waals surface area contributed by atoms with Gasteiger partial charge in [0.1, 0.15) is 0 Å². The van der Waals surface area contributed by atoms with E-state index in [1.54, 1.807) is 17.5 Å². The fraction of sp³-hybridized carbons (Fsp3) is 0.154. The normalized spacial score (nSPS) is 10.8. The van der Waals surface area contributed by atoms with Crippen molar-refractivity contribution in [2.45, 2.75) is 13.8 Å². The van der Waals surface area contributed by atoms with Crippen LogP contribution in [0.2, 0.25) is 0 Å². The second kappa shape index (κ2) is 4.34. The molecule has 5 heteroatoms. The van der Waals surface area contributed by atoms with Crippen LogP contribution in [-0.2, 0) is 0 Å². The van der Waals surface area contributed by atoms with Gasteiger partial charge in [0.2, 0.25) is 0 Å². The van der Waals surface area contributed by atoms with Crippen molar-refractivity contribution >= 4 is 11.3 Å². The molecule has 0 bridgehead atoms. The Morgan fingerprint density at radius 3 is 2.78 bits per heavy atom. The summed E-state index contributed by atoms with van der Waals surface area (Å²) in [4.78, 5) is 9.93. The highest BCUT2D eigenvalue weighted by molar-refractivity contribution is 7.13. The first-order valence-corrected chi connectivity index (χ1v) is 6.52. The van der Waals surface area contributed by atoms with Crippen molar-refractivity contribution in [3.8, 4) is 16.5 Å². The molecule has 0 unspecified atom stereocenters. The summed E-state index contributed by atoms with van der Waals surface area (Å²) in [6, 6.07) is 7.92. The summed E-state index contributed by atoms with van der Waals surface area (Å²) in [6.45, 7) is 4.00. The third-order valence-electron chi connectivity index (χ3n) is 2.61. The van der Waals surface area contributed by atoms with Crippen LogP contribution in [0.5, 0.6) is 0 Å². The number of aryl methyl sites for hydroxylation is 2. The van der Waals surface area contributed by atoms with Crippen molar-refractivity contribution in [2.24, 2.45) is 0 Å². The topological polar surface area (TPSA) is 43.6 Å². The van der Waals surface area contributed by atoms with E-state index in [0.717, 1.165) is 27.9 Å². The van der Waals surface area contributed by atoms with Gasteiger partial charge in [-0.2, -0.15) is 5.10 Å². The summed E-state index contributed by atoms with van der Waals surface area (Å²) < 4.78 is 1.84. The van der Waals surface area contributed by atoms with Gasteiger partial charge in [0.25, 0.3) is 0 Å². The zero-order valence-corrected chi connectivity index (χ0v) is 11.0. The maximum Gasteiger partial charge on any atom is 0.171 e. The maximum atomic E-state index is 4.56. The highest BCUT2D eigenvalue weighted by atomic mass is 32.1. The van der Waals surface area contributed by atoms with Crippen molar-refractivity contribution in [2.75, 3.05) is 0 Å². The Balaban J connectivity index is 2.09. The van der Waals surface area contributed by atoms with Crippen molar-refractivity contribution < 1.29 is 0 Å². The van der Waals surface area contributed by atoms with Crippen molar-refractivity contribution in [1.82, 2.24) is 19.7 Å². The van der Waals surface area contributed by atoms with Gasteiger partial charge in [-0.15, -0.1) is 11.3 Å². The molecular formula is C13H12N4S. The molecule has 3 aromatic heterocycles. The molecule has 4 nitrogen and oxygen atoms in total. The lowest BCUT2D eigenvalue weighted by Crippen LogP contribution is -2.03. The van der Waals surface area contributed by atoms with Crippen molar-refractivity contribution in [1.29, 1.82) is 0 Å². The molecule has 0 aliphatic carbocycles. The molecule has 90 valence electrons. The van der Waals surface area contributed by atoms with Gasteiger partial charge >= 0.3 is 0 Å². The number of thiophene rings is 1. The third-order valence-corrected chi connectivity index (χ3v) is 3.47. The SMILES string of the molecule is Cc1cc(C)n(-c2ccnc(-c3cccs3)n2)n1. The molecule has 3 aromatic rings. The van der Waals surface area contributed by atoms with E-state index in [1.165, 1.54) is 0 Å². The van der Waals surface area contributed by atoms with Gasteiger partial charge in [0, 0.05) is 18.0 Å². The molecule has 0 N–H and O–H groups in total. The van der Waals surface area contributed by atoms with E-state index in [4.69, 9.17) is 0 Å². The second-order valence-corrected chi connectivity index (χ2v) is 5.00. The van der Waals surface area contributed by atoms with Crippen LogP contribution in [0.25, 0.3) is 16.5 Å². The summed E-state index contributed by atoms with van der Waals surface area (Å²) in [5, 5.41) is 6.46. The average molecular weight is 256 g/mol. The molecule has 0 saturated carbocycles. The average Bonchev–Trinajstić information content (AvgIpc) is 2.99. The maximum absolute atomic E-state index is 4.56. The van der Waals surface area contributed by atoms with Crippen LogP contribution >= 0.6 is 11.3 Å². The molecule has 0 spiro atoms. The molecule has 0 saturated heterocycles. The highest BCUT2D eigenvalue weighted by Gasteiger charge is 2.08. The van der Waals surface area contributed by atoms with E-state index in [-0.39, 0.29) is 0 Å². The monoisotopic (exact) mass is 256 g/mol. The lowest BCUT2D eigenvalue weighted by molar-refractivity contribution is 0.803. The van der Waals surface area contributed by atoms with Crippen LogP contribution in [-0.4, -0.2) is 19.7 Å². The molecule has 3 heterocycles. The standard InChI is InChI=1S/C13H12N4S/c1-9-8-10(2)17(16-9)12-5-6-14-13(15-12)11-4-3-7-18-11/h3-8H,1-2H3. The Hall–Kier alpha value is -2.01. The van der Waals surface area contributed by atoms with E-state index >= 15 is 0 Å². The highest BCUT2D eigenvalue weighted by Crippen LogP contribution is 2.21. The first kappa shape index (κ1) is 11.1. The van der Waals surface area contributed by atoms with Crippen LogP contribution in [0.4, 0.5) is 0 Å². The minimum atomic E-state index is 0.745. The second-order valence-electron chi connectivity index (χ2n) is 4.05. The summed E-state index contributed by atoms with van der Waals surface area (Å²) >= 11 is 1.63. The van der Waals surface area contributed by atoms with E-state index in [2.05, 4.69) is 15.1 Å². The fourth-order valence-corrected chi connectivity index (χ4v) is 2.52. The molecule has 0 fully saturated rings. The van der Waals surface area contributed by atoms with Gasteiger partial charge in [0.05, 0.1) is 10.6 Å². The van der Waals surface area contributed by atoms with Crippen LogP contribution < -0.4 is 0 Å². The summed E-state index contributed by atoms with van der Waals surface area (Å²) in [7, 11) is 0. The van der Waals surface area contributed by atoms with Gasteiger partial charge < -0.3 is 0 Å². The fourth-order valence-electron chi connectivity index (χ4n) is 1.85. The molecule has 0 radical (unpaired) electrons. The summed E-state index contributed by atoms with van der Waals surface area (Å²) in [5.74, 6) is 1.55. The predicted molar refractivity (Wildman–Crippen MR) is 71.9 cm³/mol. The van der Waals surface area contributed by atoms with Crippen LogP contribution in [0, 0.1) is 13.8 Å². The first-order valence-electron chi connectivity index (χ1n) is 5.64. The van der Waals surface area contributed by atoms with Crippen molar-refractivity contribution in [3.05, 3.63) is 47.2 Å². The van der Waals surface area contributed by atoms with Gasteiger partial charge in [0.15, 0.2) is 11.6 Å². The summed E-state index contributed by atoms with van der Waals surface area (Å²) in [5.41, 5.74) is 2.06. The molecule has 0 atom stereocenters. The molecule has 0 amide bonds.